The van der Waals surface area contributed by atoms with Gasteiger partial charge in [-0.3, -0.25) is 14.1 Å². The molecule has 0 aromatic carbocycles. The van der Waals surface area contributed by atoms with E-state index in [1.807, 2.05) is 0 Å². The van der Waals surface area contributed by atoms with Crippen LogP contribution in [-0.2, 0) is 24.4 Å². The van der Waals surface area contributed by atoms with Gasteiger partial charge in [0.1, 0.15) is 6.61 Å². The molecule has 0 radical (unpaired) electrons. The molecule has 2 atom stereocenters. The first-order chi connectivity index (χ1) is 10.5. The number of carbonyl (C=O) groups is 2. The molecular formula is C14H24F2O7S. The van der Waals surface area contributed by atoms with Crippen molar-refractivity contribution in [1.82, 2.24) is 0 Å². The molecule has 2 unspecified atom stereocenters. The molecule has 0 amide bonds. The van der Waals surface area contributed by atoms with Gasteiger partial charge < -0.3 is 9.84 Å². The van der Waals surface area contributed by atoms with Gasteiger partial charge in [-0.05, 0) is 26.7 Å². The molecule has 0 aromatic rings. The van der Waals surface area contributed by atoms with Crippen molar-refractivity contribution < 1.29 is 41.2 Å². The fourth-order valence-electron chi connectivity index (χ4n) is 2.28. The predicted molar refractivity (Wildman–Crippen MR) is 80.9 cm³/mol. The minimum absolute atomic E-state index is 0.125. The van der Waals surface area contributed by atoms with E-state index >= 15 is 0 Å². The van der Waals surface area contributed by atoms with E-state index in [1.54, 1.807) is 6.92 Å². The highest BCUT2D eigenvalue weighted by molar-refractivity contribution is 7.87. The van der Waals surface area contributed by atoms with Crippen molar-refractivity contribution in [2.45, 2.75) is 58.8 Å². The van der Waals surface area contributed by atoms with Crippen LogP contribution in [0.15, 0.2) is 0 Å². The summed E-state index contributed by atoms with van der Waals surface area (Å²) in [4.78, 5) is 24.1. The van der Waals surface area contributed by atoms with Crippen molar-refractivity contribution in [1.29, 1.82) is 0 Å². The zero-order valence-electron chi connectivity index (χ0n) is 14.3. The van der Waals surface area contributed by atoms with Gasteiger partial charge in [-0.1, -0.05) is 20.8 Å². The summed E-state index contributed by atoms with van der Waals surface area (Å²) in [5, 5.41) is 4.15. The molecule has 0 saturated heterocycles. The van der Waals surface area contributed by atoms with Gasteiger partial charge in [-0.25, -0.2) is 0 Å². The Morgan fingerprint density at radius 1 is 1.21 bits per heavy atom. The van der Waals surface area contributed by atoms with Crippen LogP contribution in [0.2, 0.25) is 0 Å². The highest BCUT2D eigenvalue weighted by Gasteiger charge is 2.58. The van der Waals surface area contributed by atoms with Gasteiger partial charge in [0.25, 0.3) is 0 Å². The van der Waals surface area contributed by atoms with E-state index in [4.69, 9.17) is 14.4 Å². The van der Waals surface area contributed by atoms with Crippen LogP contribution in [0.25, 0.3) is 0 Å². The largest absolute Gasteiger partial charge is 0.463 e. The summed E-state index contributed by atoms with van der Waals surface area (Å²) in [5.74, 6) is -2.82. The first-order valence-electron chi connectivity index (χ1n) is 7.26. The molecule has 0 aliphatic carbocycles. The minimum atomic E-state index is -5.92. The van der Waals surface area contributed by atoms with Crippen molar-refractivity contribution in [2.75, 3.05) is 6.61 Å². The topological polar surface area (TPSA) is 118 Å². The molecule has 0 rings (SSSR count). The van der Waals surface area contributed by atoms with Gasteiger partial charge in [-0.2, -0.15) is 17.2 Å². The summed E-state index contributed by atoms with van der Waals surface area (Å²) in [6.07, 6.45) is -1.23. The van der Waals surface area contributed by atoms with E-state index in [1.165, 1.54) is 13.8 Å². The van der Waals surface area contributed by atoms with E-state index in [9.17, 15) is 26.8 Å². The smallest absolute Gasteiger partial charge is 0.427 e. The van der Waals surface area contributed by atoms with Crippen LogP contribution < -0.4 is 0 Å². The second-order valence-electron chi connectivity index (χ2n) is 6.74. The van der Waals surface area contributed by atoms with Crippen LogP contribution in [0.3, 0.4) is 0 Å². The highest BCUT2D eigenvalue weighted by atomic mass is 32.2. The SMILES string of the molecule is CCC(C)(CC(C)(C)C(=O)C(F)(F)S(=O)(=O)O)C(=O)OCC(C)O. The van der Waals surface area contributed by atoms with E-state index in [-0.39, 0.29) is 13.0 Å². The van der Waals surface area contributed by atoms with E-state index in [0.29, 0.717) is 0 Å². The third kappa shape index (κ3) is 5.18. The number of Topliss-reactive ketones (excluding diaryl/α,β-unsaturated/α-hetero) is 1. The Morgan fingerprint density at radius 2 is 1.67 bits per heavy atom. The average molecular weight is 374 g/mol. The molecule has 7 nitrogen and oxygen atoms in total. The Balaban J connectivity index is 5.50. The Morgan fingerprint density at radius 3 is 2.00 bits per heavy atom. The number of hydrogen-bond acceptors (Lipinski definition) is 6. The number of aliphatic hydroxyl groups is 1. The van der Waals surface area contributed by atoms with Gasteiger partial charge in [0.2, 0.25) is 5.78 Å². The molecule has 142 valence electrons. The number of halogens is 2. The quantitative estimate of drug-likeness (QED) is 0.466. The Bertz CT molecular complexity index is 584. The van der Waals surface area contributed by atoms with Gasteiger partial charge in [-0.15, -0.1) is 0 Å². The van der Waals surface area contributed by atoms with Crippen LogP contribution >= 0.6 is 0 Å². The number of ketones is 1. The normalized spacial score (nSPS) is 17.0. The molecule has 10 heteroatoms. The first kappa shape index (κ1) is 22.9. The predicted octanol–water partition coefficient (Wildman–Crippen LogP) is 1.79. The third-order valence-corrected chi connectivity index (χ3v) is 4.60. The molecule has 0 saturated carbocycles. The highest BCUT2D eigenvalue weighted by Crippen LogP contribution is 2.42. The molecule has 0 aliphatic heterocycles. The second kappa shape index (κ2) is 7.40. The zero-order valence-corrected chi connectivity index (χ0v) is 15.1. The van der Waals surface area contributed by atoms with E-state index in [0.717, 1.165) is 13.8 Å². The molecule has 0 bridgehead atoms. The molecule has 2 N–H and O–H groups in total. The van der Waals surface area contributed by atoms with Crippen LogP contribution in [0.5, 0.6) is 0 Å². The van der Waals surface area contributed by atoms with E-state index in [2.05, 4.69) is 0 Å². The van der Waals surface area contributed by atoms with Crippen molar-refractivity contribution in [3.8, 4) is 0 Å². The lowest BCUT2D eigenvalue weighted by atomic mass is 9.70. The Hall–Kier alpha value is -1.13. The lowest BCUT2D eigenvalue weighted by Crippen LogP contribution is -2.48. The standard InChI is InChI=1S/C14H24F2O7S/c1-6-13(5,11(19)23-7-9(2)17)8-12(3,4)10(18)14(15,16)24(20,21)22/h9,17H,6-8H2,1-5H3,(H,20,21,22). The fourth-order valence-corrected chi connectivity index (χ4v) is 2.79. The number of hydrogen-bond donors (Lipinski definition) is 2. The molecule has 0 heterocycles. The number of carbonyl (C=O) groups excluding carboxylic acids is 2. The van der Waals surface area contributed by atoms with Gasteiger partial charge in [0.15, 0.2) is 0 Å². The summed E-state index contributed by atoms with van der Waals surface area (Å²) in [5.41, 5.74) is -3.29. The maximum Gasteiger partial charge on any atom is 0.427 e. The maximum atomic E-state index is 13.6. The van der Waals surface area contributed by atoms with Crippen LogP contribution in [0.4, 0.5) is 8.78 Å². The number of alkyl halides is 2. The summed E-state index contributed by atoms with van der Waals surface area (Å²) in [7, 11) is -5.92. The molecular weight excluding hydrogens is 350 g/mol. The molecule has 0 aliphatic rings. The first-order valence-corrected chi connectivity index (χ1v) is 8.70. The lowest BCUT2D eigenvalue weighted by Gasteiger charge is -2.35. The van der Waals surface area contributed by atoms with Crippen LogP contribution in [-0.4, -0.2) is 47.8 Å². The average Bonchev–Trinajstić information content (AvgIpc) is 2.41. The van der Waals surface area contributed by atoms with E-state index < -0.39 is 50.5 Å². The van der Waals surface area contributed by atoms with Crippen molar-refractivity contribution >= 4 is 21.9 Å². The minimum Gasteiger partial charge on any atom is -0.463 e. The fraction of sp³-hybridized carbons (Fsp3) is 0.857. The lowest BCUT2D eigenvalue weighted by molar-refractivity contribution is -0.162. The number of rotatable bonds is 9. The Kier molecular flexibility index (Phi) is 7.05. The number of esters is 1. The van der Waals surface area contributed by atoms with Crippen LogP contribution in [0, 0.1) is 10.8 Å². The molecule has 0 spiro atoms. The molecule has 0 aromatic heterocycles. The maximum absolute atomic E-state index is 13.6. The van der Waals surface area contributed by atoms with Gasteiger partial charge in [0.05, 0.1) is 11.5 Å². The van der Waals surface area contributed by atoms with Gasteiger partial charge >= 0.3 is 21.3 Å². The van der Waals surface area contributed by atoms with Crippen molar-refractivity contribution in [3.05, 3.63) is 0 Å². The van der Waals surface area contributed by atoms with Crippen molar-refractivity contribution in [2.24, 2.45) is 10.8 Å². The number of aliphatic hydroxyl groups excluding tert-OH is 1. The van der Waals surface area contributed by atoms with Gasteiger partial charge in [0, 0.05) is 5.41 Å². The summed E-state index contributed by atoms with van der Waals surface area (Å²) in [6, 6.07) is 0. The second-order valence-corrected chi connectivity index (χ2v) is 8.21. The number of ether oxygens (including phenoxy) is 1. The van der Waals surface area contributed by atoms with Crippen molar-refractivity contribution in [3.63, 3.8) is 0 Å². The summed E-state index contributed by atoms with van der Waals surface area (Å²) >= 11 is 0. The monoisotopic (exact) mass is 374 g/mol. The Labute approximate surface area is 140 Å². The summed E-state index contributed by atoms with van der Waals surface area (Å²) in [6.45, 7) is 6.17. The molecule has 24 heavy (non-hydrogen) atoms. The zero-order chi connectivity index (χ0) is 19.6. The molecule has 0 fully saturated rings. The van der Waals surface area contributed by atoms with Crippen LogP contribution in [0.1, 0.15) is 47.5 Å². The summed E-state index contributed by atoms with van der Waals surface area (Å²) < 4.78 is 62.2. The third-order valence-electron chi connectivity index (χ3n) is 3.76.